The summed E-state index contributed by atoms with van der Waals surface area (Å²) in [4.78, 5) is 4.52. The third-order valence-corrected chi connectivity index (χ3v) is 3.35. The number of rotatable bonds is 10. The topological polar surface area (TPSA) is 76.4 Å². The largest absolute Gasteiger partial charge is 0.380 e. The Balaban J connectivity index is 2.40. The van der Waals surface area contributed by atoms with Crippen LogP contribution in [-0.2, 0) is 18.3 Å². The van der Waals surface area contributed by atoms with E-state index in [1.165, 1.54) is 0 Å². The molecule has 1 rings (SSSR count). The lowest BCUT2D eigenvalue weighted by Gasteiger charge is -2.12. The molecule has 1 heterocycles. The van der Waals surface area contributed by atoms with Crippen LogP contribution in [0.1, 0.15) is 31.9 Å². The molecule has 0 fully saturated rings. The fourth-order valence-corrected chi connectivity index (χ4v) is 1.74. The second-order valence-corrected chi connectivity index (χ2v) is 5.78. The molecule has 0 aliphatic heterocycles. The van der Waals surface area contributed by atoms with Crippen molar-refractivity contribution in [3.63, 3.8) is 0 Å². The molecular weight excluding hydrogens is 292 g/mol. The number of aliphatic imine (C=N–C) groups is 1. The van der Waals surface area contributed by atoms with Gasteiger partial charge in [0.05, 0.1) is 6.61 Å². The molecule has 0 aliphatic carbocycles. The van der Waals surface area contributed by atoms with Gasteiger partial charge in [0.15, 0.2) is 11.8 Å². The predicted octanol–water partition coefficient (Wildman–Crippen LogP) is 1.41. The molecule has 0 radical (unpaired) electrons. The monoisotopic (exact) mass is 322 g/mol. The lowest BCUT2D eigenvalue weighted by molar-refractivity contribution is 0.128. The first-order chi connectivity index (χ1) is 11.0. The fraction of sp³-hybridized carbons (Fsp3) is 0.688. The molecule has 0 spiro atoms. The standard InChI is InChI=1S/C16H30N6O/c1-6-8-17-16(18-9-11-23-10-7-13(2)3)19-12-15-21-20-14(4)22(15)5/h6,13H,1,7-12H2,2-5H3,(H2,17,18,19). The van der Waals surface area contributed by atoms with Gasteiger partial charge in [-0.2, -0.15) is 0 Å². The smallest absolute Gasteiger partial charge is 0.192 e. The number of guanidine groups is 1. The summed E-state index contributed by atoms with van der Waals surface area (Å²) in [5.41, 5.74) is 0. The van der Waals surface area contributed by atoms with Crippen molar-refractivity contribution in [1.29, 1.82) is 0 Å². The fourth-order valence-electron chi connectivity index (χ4n) is 1.74. The van der Waals surface area contributed by atoms with Crippen LogP contribution in [0.3, 0.4) is 0 Å². The summed E-state index contributed by atoms with van der Waals surface area (Å²) in [6, 6.07) is 0. The van der Waals surface area contributed by atoms with Gasteiger partial charge in [0.1, 0.15) is 12.4 Å². The highest BCUT2D eigenvalue weighted by Crippen LogP contribution is 1.99. The Kier molecular flexibility index (Phi) is 8.97. The Morgan fingerprint density at radius 3 is 2.74 bits per heavy atom. The highest BCUT2D eigenvalue weighted by atomic mass is 16.5. The van der Waals surface area contributed by atoms with Gasteiger partial charge in [-0.1, -0.05) is 19.9 Å². The molecule has 0 saturated heterocycles. The first-order valence-corrected chi connectivity index (χ1v) is 8.10. The summed E-state index contributed by atoms with van der Waals surface area (Å²) in [7, 11) is 1.94. The van der Waals surface area contributed by atoms with Crippen LogP contribution in [0.2, 0.25) is 0 Å². The minimum absolute atomic E-state index is 0.470. The predicted molar refractivity (Wildman–Crippen MR) is 93.4 cm³/mol. The van der Waals surface area contributed by atoms with E-state index in [0.29, 0.717) is 32.2 Å². The molecule has 7 heteroatoms. The summed E-state index contributed by atoms with van der Waals surface area (Å²) in [5, 5.41) is 14.6. The Morgan fingerprint density at radius 2 is 2.13 bits per heavy atom. The molecular formula is C16H30N6O. The molecule has 0 aromatic carbocycles. The number of aryl methyl sites for hydroxylation is 1. The third kappa shape index (κ3) is 7.78. The average Bonchev–Trinajstić information content (AvgIpc) is 2.84. The van der Waals surface area contributed by atoms with Crippen LogP contribution in [0, 0.1) is 12.8 Å². The van der Waals surface area contributed by atoms with Gasteiger partial charge in [-0.25, -0.2) is 4.99 Å². The molecule has 23 heavy (non-hydrogen) atoms. The van der Waals surface area contributed by atoms with E-state index in [4.69, 9.17) is 4.74 Å². The van der Waals surface area contributed by atoms with Crippen molar-refractivity contribution in [2.75, 3.05) is 26.3 Å². The van der Waals surface area contributed by atoms with Crippen molar-refractivity contribution in [3.8, 4) is 0 Å². The average molecular weight is 322 g/mol. The highest BCUT2D eigenvalue weighted by molar-refractivity contribution is 5.79. The minimum Gasteiger partial charge on any atom is -0.380 e. The quantitative estimate of drug-likeness (QED) is 0.295. The van der Waals surface area contributed by atoms with Crippen LogP contribution in [0.25, 0.3) is 0 Å². The van der Waals surface area contributed by atoms with E-state index >= 15 is 0 Å². The number of aromatic nitrogens is 3. The van der Waals surface area contributed by atoms with E-state index in [-0.39, 0.29) is 0 Å². The van der Waals surface area contributed by atoms with Gasteiger partial charge in [-0.15, -0.1) is 16.8 Å². The molecule has 2 N–H and O–H groups in total. The van der Waals surface area contributed by atoms with Crippen LogP contribution in [0.5, 0.6) is 0 Å². The Morgan fingerprint density at radius 1 is 1.35 bits per heavy atom. The number of nitrogens with zero attached hydrogens (tertiary/aromatic N) is 4. The van der Waals surface area contributed by atoms with Crippen molar-refractivity contribution < 1.29 is 4.74 Å². The van der Waals surface area contributed by atoms with Crippen LogP contribution >= 0.6 is 0 Å². The van der Waals surface area contributed by atoms with E-state index in [0.717, 1.165) is 30.6 Å². The second-order valence-electron chi connectivity index (χ2n) is 5.78. The zero-order chi connectivity index (χ0) is 17.1. The van der Waals surface area contributed by atoms with Gasteiger partial charge in [0.2, 0.25) is 0 Å². The van der Waals surface area contributed by atoms with Crippen LogP contribution in [0.15, 0.2) is 17.6 Å². The molecule has 0 aliphatic rings. The summed E-state index contributed by atoms with van der Waals surface area (Å²) in [5.74, 6) is 3.10. The summed E-state index contributed by atoms with van der Waals surface area (Å²) in [6.45, 7) is 13.3. The van der Waals surface area contributed by atoms with Crippen LogP contribution in [0.4, 0.5) is 0 Å². The first kappa shape index (κ1) is 19.2. The van der Waals surface area contributed by atoms with Crippen LogP contribution in [-0.4, -0.2) is 47.0 Å². The molecule has 0 bridgehead atoms. The van der Waals surface area contributed by atoms with E-state index in [1.54, 1.807) is 6.08 Å². The van der Waals surface area contributed by atoms with Gasteiger partial charge >= 0.3 is 0 Å². The van der Waals surface area contributed by atoms with Gasteiger partial charge in [-0.05, 0) is 19.3 Å². The Bertz CT molecular complexity index is 495. The van der Waals surface area contributed by atoms with Gasteiger partial charge in [0, 0.05) is 26.7 Å². The third-order valence-electron chi connectivity index (χ3n) is 3.35. The maximum Gasteiger partial charge on any atom is 0.192 e. The SMILES string of the molecule is C=CCNC(=NCc1nnc(C)n1C)NCCOCCC(C)C. The van der Waals surface area contributed by atoms with E-state index in [1.807, 2.05) is 18.5 Å². The second kappa shape index (κ2) is 10.8. The highest BCUT2D eigenvalue weighted by Gasteiger charge is 2.04. The summed E-state index contributed by atoms with van der Waals surface area (Å²) < 4.78 is 7.53. The molecule has 0 saturated carbocycles. The summed E-state index contributed by atoms with van der Waals surface area (Å²) in [6.07, 6.45) is 2.88. The Hall–Kier alpha value is -1.89. The zero-order valence-corrected chi connectivity index (χ0v) is 14.8. The zero-order valence-electron chi connectivity index (χ0n) is 14.8. The first-order valence-electron chi connectivity index (χ1n) is 8.10. The molecule has 0 atom stereocenters. The van der Waals surface area contributed by atoms with Crippen molar-refractivity contribution in [2.45, 2.75) is 33.7 Å². The van der Waals surface area contributed by atoms with E-state index < -0.39 is 0 Å². The Labute approximate surface area is 139 Å². The van der Waals surface area contributed by atoms with Crippen molar-refractivity contribution in [2.24, 2.45) is 18.0 Å². The van der Waals surface area contributed by atoms with Crippen LogP contribution < -0.4 is 10.6 Å². The van der Waals surface area contributed by atoms with E-state index in [2.05, 4.69) is 46.2 Å². The lowest BCUT2D eigenvalue weighted by Crippen LogP contribution is -2.39. The number of hydrogen-bond acceptors (Lipinski definition) is 4. The molecule has 0 unspecified atom stereocenters. The van der Waals surface area contributed by atoms with Gasteiger partial charge in [-0.3, -0.25) is 0 Å². The van der Waals surface area contributed by atoms with E-state index in [9.17, 15) is 0 Å². The lowest BCUT2D eigenvalue weighted by atomic mass is 10.1. The normalized spacial score (nSPS) is 11.8. The number of nitrogens with one attached hydrogen (secondary N) is 2. The number of ether oxygens (including phenoxy) is 1. The molecule has 130 valence electrons. The van der Waals surface area contributed by atoms with Crippen molar-refractivity contribution in [3.05, 3.63) is 24.3 Å². The minimum atomic E-state index is 0.470. The maximum atomic E-state index is 5.59. The molecule has 7 nitrogen and oxygen atoms in total. The maximum absolute atomic E-state index is 5.59. The molecule has 1 aromatic heterocycles. The van der Waals surface area contributed by atoms with Gasteiger partial charge in [0.25, 0.3) is 0 Å². The van der Waals surface area contributed by atoms with Crippen molar-refractivity contribution >= 4 is 5.96 Å². The molecule has 1 aromatic rings. The van der Waals surface area contributed by atoms with Crippen molar-refractivity contribution in [1.82, 2.24) is 25.4 Å². The van der Waals surface area contributed by atoms with Gasteiger partial charge < -0.3 is 19.9 Å². The number of hydrogen-bond donors (Lipinski definition) is 2. The molecule has 0 amide bonds. The summed E-state index contributed by atoms with van der Waals surface area (Å²) >= 11 is 0.